The molecule has 0 bridgehead atoms. The highest BCUT2D eigenvalue weighted by molar-refractivity contribution is 7.18. The summed E-state index contributed by atoms with van der Waals surface area (Å²) in [6.45, 7) is 1.76. The third-order valence-electron chi connectivity index (χ3n) is 5.10. The molecule has 1 saturated carbocycles. The van der Waals surface area contributed by atoms with E-state index in [0.29, 0.717) is 33.3 Å². The van der Waals surface area contributed by atoms with Crippen LogP contribution in [0, 0.1) is 6.92 Å². The van der Waals surface area contributed by atoms with Gasteiger partial charge in [0, 0.05) is 28.5 Å². The van der Waals surface area contributed by atoms with Crippen molar-refractivity contribution in [2.75, 3.05) is 17.2 Å². The van der Waals surface area contributed by atoms with E-state index in [1.165, 1.54) is 0 Å². The molecule has 0 aliphatic heterocycles. The smallest absolute Gasteiger partial charge is 0.348 e. The lowest BCUT2D eigenvalue weighted by Crippen LogP contribution is -2.25. The number of benzene rings is 2. The zero-order valence-corrected chi connectivity index (χ0v) is 18.7. The van der Waals surface area contributed by atoms with Gasteiger partial charge < -0.3 is 26.8 Å². The normalized spacial score (nSPS) is 12.8. The average Bonchev–Trinajstić information content (AvgIpc) is 3.51. The number of nitrogens with two attached hydrogens (primary N) is 1. The summed E-state index contributed by atoms with van der Waals surface area (Å²) in [5.74, 6) is -1.55. The number of carbonyl (C=O) groups excluding carboxylic acids is 2. The van der Waals surface area contributed by atoms with Crippen LogP contribution in [0.5, 0.6) is 0 Å². The summed E-state index contributed by atoms with van der Waals surface area (Å²) in [6, 6.07) is 12.3. The van der Waals surface area contributed by atoms with Crippen LogP contribution in [-0.2, 0) is 4.79 Å². The molecule has 0 spiro atoms. The fourth-order valence-corrected chi connectivity index (χ4v) is 3.99. The van der Waals surface area contributed by atoms with Gasteiger partial charge in [0.2, 0.25) is 5.91 Å². The number of hydrogen-bond donors (Lipinski definition) is 5. The highest BCUT2D eigenvalue weighted by atomic mass is 32.1. The number of aromatic nitrogens is 1. The number of thiazole rings is 1. The van der Waals surface area contributed by atoms with Crippen molar-refractivity contribution < 1.29 is 19.5 Å². The maximum Gasteiger partial charge on any atom is 0.348 e. The van der Waals surface area contributed by atoms with Gasteiger partial charge in [-0.15, -0.1) is 0 Å². The zero-order chi connectivity index (χ0) is 23.5. The number of nitrogens with zero attached hydrogens (tertiary/aromatic N) is 1. The fourth-order valence-electron chi connectivity index (χ4n) is 3.15. The van der Waals surface area contributed by atoms with Gasteiger partial charge in [-0.25, -0.2) is 9.78 Å². The average molecular weight is 466 g/mol. The van der Waals surface area contributed by atoms with Crippen LogP contribution in [-0.4, -0.2) is 40.5 Å². The van der Waals surface area contributed by atoms with Crippen LogP contribution in [0.4, 0.5) is 16.5 Å². The predicted octanol–water partition coefficient (Wildman–Crippen LogP) is 3.35. The molecular formula is C23H23N5O4S. The Balaban J connectivity index is 1.59. The summed E-state index contributed by atoms with van der Waals surface area (Å²) in [7, 11) is 0. The van der Waals surface area contributed by atoms with Crippen LogP contribution >= 0.6 is 11.3 Å². The Hall–Kier alpha value is -3.76. The fraction of sp³-hybridized carbons (Fsp3) is 0.217. The Morgan fingerprint density at radius 2 is 1.88 bits per heavy atom. The Morgan fingerprint density at radius 1 is 1.15 bits per heavy atom. The number of hydrogen-bond acceptors (Lipinski definition) is 7. The van der Waals surface area contributed by atoms with Gasteiger partial charge in [-0.05, 0) is 49.6 Å². The Labute approximate surface area is 194 Å². The highest BCUT2D eigenvalue weighted by Crippen LogP contribution is 2.34. The van der Waals surface area contributed by atoms with Crippen molar-refractivity contribution in [2.45, 2.75) is 25.8 Å². The third-order valence-corrected chi connectivity index (χ3v) is 6.06. The monoisotopic (exact) mass is 465 g/mol. The van der Waals surface area contributed by atoms with Crippen molar-refractivity contribution in [1.29, 1.82) is 0 Å². The number of aromatic carboxylic acids is 1. The second-order valence-corrected chi connectivity index (χ2v) is 8.73. The number of carboxylic acids is 1. The lowest BCUT2D eigenvalue weighted by Gasteiger charge is -2.10. The van der Waals surface area contributed by atoms with Crippen molar-refractivity contribution in [3.63, 3.8) is 0 Å². The Morgan fingerprint density at radius 3 is 2.52 bits per heavy atom. The van der Waals surface area contributed by atoms with Crippen molar-refractivity contribution in [3.8, 4) is 11.3 Å². The molecule has 2 aromatic carbocycles. The molecule has 1 aliphatic rings. The molecule has 10 heteroatoms. The van der Waals surface area contributed by atoms with E-state index in [9.17, 15) is 19.5 Å². The minimum atomic E-state index is -1.09. The molecule has 1 heterocycles. The molecule has 0 saturated heterocycles. The number of aryl methyl sites for hydroxylation is 1. The van der Waals surface area contributed by atoms with E-state index >= 15 is 0 Å². The van der Waals surface area contributed by atoms with E-state index in [4.69, 9.17) is 5.73 Å². The molecular weight excluding hydrogens is 442 g/mol. The van der Waals surface area contributed by atoms with Gasteiger partial charge in [0.05, 0.1) is 12.2 Å². The topological polar surface area (TPSA) is 146 Å². The van der Waals surface area contributed by atoms with Gasteiger partial charge in [0.15, 0.2) is 5.13 Å². The molecule has 0 atom stereocenters. The Kier molecular flexibility index (Phi) is 6.38. The van der Waals surface area contributed by atoms with Gasteiger partial charge in [-0.1, -0.05) is 29.5 Å². The van der Waals surface area contributed by atoms with Crippen molar-refractivity contribution in [2.24, 2.45) is 5.73 Å². The highest BCUT2D eigenvalue weighted by Gasteiger charge is 2.24. The molecule has 1 aromatic heterocycles. The van der Waals surface area contributed by atoms with Crippen molar-refractivity contribution in [3.05, 3.63) is 58.5 Å². The quantitative estimate of drug-likeness (QED) is 0.343. The molecule has 0 radical (unpaired) electrons. The summed E-state index contributed by atoms with van der Waals surface area (Å²) < 4.78 is 0. The van der Waals surface area contributed by atoms with Crippen LogP contribution in [0.1, 0.15) is 38.4 Å². The van der Waals surface area contributed by atoms with Crippen molar-refractivity contribution in [1.82, 2.24) is 10.3 Å². The first-order valence-electron chi connectivity index (χ1n) is 10.4. The minimum Gasteiger partial charge on any atom is -0.477 e. The van der Waals surface area contributed by atoms with Crippen LogP contribution < -0.4 is 21.7 Å². The summed E-state index contributed by atoms with van der Waals surface area (Å²) in [5, 5.41) is 18.8. The SMILES string of the molecule is Cc1ccc(C(=O)NC2CC2)cc1Nc1nc(-c2ccc(NC(=O)CN)cc2)c(C(=O)O)s1. The van der Waals surface area contributed by atoms with Gasteiger partial charge in [0.25, 0.3) is 5.91 Å². The number of carbonyl (C=O) groups is 3. The van der Waals surface area contributed by atoms with Gasteiger partial charge >= 0.3 is 5.97 Å². The molecule has 6 N–H and O–H groups in total. The molecule has 1 fully saturated rings. The zero-order valence-electron chi connectivity index (χ0n) is 17.8. The van der Waals surface area contributed by atoms with E-state index in [1.807, 2.05) is 13.0 Å². The van der Waals surface area contributed by atoms with Crippen LogP contribution in [0.15, 0.2) is 42.5 Å². The van der Waals surface area contributed by atoms with Crippen LogP contribution in [0.3, 0.4) is 0 Å². The van der Waals surface area contributed by atoms with Crippen LogP contribution in [0.2, 0.25) is 0 Å². The van der Waals surface area contributed by atoms with Gasteiger partial charge in [0.1, 0.15) is 4.88 Å². The second-order valence-electron chi connectivity index (χ2n) is 7.73. The number of rotatable bonds is 8. The number of nitrogens with one attached hydrogen (secondary N) is 3. The number of anilines is 3. The number of amides is 2. The Bertz CT molecular complexity index is 1220. The largest absolute Gasteiger partial charge is 0.477 e. The molecule has 170 valence electrons. The first-order valence-corrected chi connectivity index (χ1v) is 11.2. The molecule has 1 aliphatic carbocycles. The lowest BCUT2D eigenvalue weighted by atomic mass is 10.1. The second kappa shape index (κ2) is 9.39. The molecule has 0 unspecified atom stereocenters. The van der Waals surface area contributed by atoms with E-state index in [2.05, 4.69) is 20.9 Å². The predicted molar refractivity (Wildman–Crippen MR) is 127 cm³/mol. The number of carboxylic acid groups (broad SMARTS) is 1. The van der Waals surface area contributed by atoms with Gasteiger partial charge in [-0.2, -0.15) is 0 Å². The summed E-state index contributed by atoms with van der Waals surface area (Å²) in [4.78, 5) is 40.3. The summed E-state index contributed by atoms with van der Waals surface area (Å²) in [5.41, 5.74) is 8.86. The standard InChI is InChI=1S/C23H23N5O4S/c1-12-2-3-14(21(30)26-16-8-9-16)10-17(12)27-23-28-19(20(33-23)22(31)32)13-4-6-15(7-5-13)25-18(29)11-24/h2-7,10,16H,8-9,11,24H2,1H3,(H,25,29)(H,26,30)(H,27,28)(H,31,32). The van der Waals surface area contributed by atoms with Crippen molar-refractivity contribution >= 4 is 45.6 Å². The minimum absolute atomic E-state index is 0.0801. The first kappa shape index (κ1) is 22.4. The first-order chi connectivity index (χ1) is 15.8. The summed E-state index contributed by atoms with van der Waals surface area (Å²) in [6.07, 6.45) is 2.01. The van der Waals surface area contributed by atoms with E-state index in [-0.39, 0.29) is 29.3 Å². The van der Waals surface area contributed by atoms with E-state index in [0.717, 1.165) is 29.7 Å². The lowest BCUT2D eigenvalue weighted by molar-refractivity contribution is -0.114. The molecule has 33 heavy (non-hydrogen) atoms. The van der Waals surface area contributed by atoms with E-state index in [1.54, 1.807) is 36.4 Å². The molecule has 3 aromatic rings. The molecule has 2 amide bonds. The molecule has 4 rings (SSSR count). The maximum absolute atomic E-state index is 12.4. The molecule has 9 nitrogen and oxygen atoms in total. The maximum atomic E-state index is 12.4. The third kappa shape index (κ3) is 5.36. The van der Waals surface area contributed by atoms with E-state index < -0.39 is 5.97 Å². The summed E-state index contributed by atoms with van der Waals surface area (Å²) >= 11 is 1.01. The van der Waals surface area contributed by atoms with Crippen LogP contribution in [0.25, 0.3) is 11.3 Å². The van der Waals surface area contributed by atoms with Gasteiger partial charge in [-0.3, -0.25) is 9.59 Å².